The zero-order valence-electron chi connectivity index (χ0n) is 14.9. The molecule has 0 saturated carbocycles. The van der Waals surface area contributed by atoms with E-state index < -0.39 is 6.04 Å². The highest BCUT2D eigenvalue weighted by Gasteiger charge is 2.36. The summed E-state index contributed by atoms with van der Waals surface area (Å²) in [4.78, 5) is 33.8. The third kappa shape index (κ3) is 3.58. The minimum Gasteiger partial charge on any atom is -0.332 e. The van der Waals surface area contributed by atoms with Gasteiger partial charge in [0.1, 0.15) is 11.0 Å². The molecule has 0 spiro atoms. The van der Waals surface area contributed by atoms with E-state index in [-0.39, 0.29) is 18.4 Å². The van der Waals surface area contributed by atoms with E-state index in [9.17, 15) is 9.59 Å². The van der Waals surface area contributed by atoms with Crippen LogP contribution in [0.25, 0.3) is 10.6 Å². The van der Waals surface area contributed by atoms with Gasteiger partial charge < -0.3 is 9.80 Å². The van der Waals surface area contributed by atoms with Gasteiger partial charge in [-0.25, -0.2) is 4.98 Å². The number of carbonyl (C=O) groups excluding carboxylic acids is 2. The second-order valence-corrected chi connectivity index (χ2v) is 7.52. The Labute approximate surface area is 152 Å². The summed E-state index contributed by atoms with van der Waals surface area (Å²) >= 11 is 1.58. The minimum absolute atomic E-state index is 0.00592. The van der Waals surface area contributed by atoms with E-state index in [0.717, 1.165) is 21.9 Å². The smallest absolute Gasteiger partial charge is 0.245 e. The number of carbonyl (C=O) groups is 2. The third-order valence-corrected chi connectivity index (χ3v) is 5.55. The van der Waals surface area contributed by atoms with Gasteiger partial charge in [0.2, 0.25) is 11.8 Å². The number of benzene rings is 1. The molecule has 3 rings (SSSR count). The molecule has 5 nitrogen and oxygen atoms in total. The average molecular weight is 357 g/mol. The van der Waals surface area contributed by atoms with E-state index in [1.54, 1.807) is 21.1 Å². The first-order valence-corrected chi connectivity index (χ1v) is 9.42. The summed E-state index contributed by atoms with van der Waals surface area (Å²) in [6, 6.07) is 7.71. The highest BCUT2D eigenvalue weighted by Crippen LogP contribution is 2.29. The molecule has 1 aromatic carbocycles. The Balaban J connectivity index is 1.76. The first-order valence-electron chi connectivity index (χ1n) is 8.60. The molecule has 2 heterocycles. The topological polar surface area (TPSA) is 53.5 Å². The van der Waals surface area contributed by atoms with Crippen LogP contribution in [-0.2, 0) is 16.1 Å². The Morgan fingerprint density at radius 1 is 1.28 bits per heavy atom. The van der Waals surface area contributed by atoms with E-state index in [1.807, 2.05) is 32.2 Å². The van der Waals surface area contributed by atoms with Crippen molar-refractivity contribution in [3.63, 3.8) is 0 Å². The number of thiazole rings is 1. The van der Waals surface area contributed by atoms with Crippen LogP contribution in [0.15, 0.2) is 30.5 Å². The maximum atomic E-state index is 12.5. The van der Waals surface area contributed by atoms with Gasteiger partial charge in [-0.3, -0.25) is 9.59 Å². The third-order valence-electron chi connectivity index (χ3n) is 4.53. The lowest BCUT2D eigenvalue weighted by Crippen LogP contribution is -2.58. The van der Waals surface area contributed by atoms with E-state index in [0.29, 0.717) is 13.1 Å². The first-order chi connectivity index (χ1) is 12.0. The van der Waals surface area contributed by atoms with Crippen molar-refractivity contribution in [2.75, 3.05) is 13.1 Å². The van der Waals surface area contributed by atoms with Crippen molar-refractivity contribution in [1.29, 1.82) is 0 Å². The Kier molecular flexibility index (Phi) is 5.18. The number of amides is 2. The Hall–Kier alpha value is -2.21. The average Bonchev–Trinajstić information content (AvgIpc) is 3.05. The van der Waals surface area contributed by atoms with Gasteiger partial charge in [-0.15, -0.1) is 11.3 Å². The van der Waals surface area contributed by atoms with Crippen molar-refractivity contribution in [1.82, 2.24) is 14.8 Å². The molecule has 1 atom stereocenters. The van der Waals surface area contributed by atoms with Crippen molar-refractivity contribution < 1.29 is 9.59 Å². The van der Waals surface area contributed by atoms with Crippen LogP contribution in [0.3, 0.4) is 0 Å². The molecule has 1 aliphatic rings. The fraction of sp³-hybridized carbons (Fsp3) is 0.421. The number of hydrogen-bond donors (Lipinski definition) is 0. The van der Waals surface area contributed by atoms with E-state index in [2.05, 4.69) is 24.0 Å². The molecule has 2 amide bonds. The largest absolute Gasteiger partial charge is 0.332 e. The van der Waals surface area contributed by atoms with Gasteiger partial charge in [-0.2, -0.15) is 0 Å². The number of aryl methyl sites for hydroxylation is 1. The highest BCUT2D eigenvalue weighted by atomic mass is 32.1. The fourth-order valence-electron chi connectivity index (χ4n) is 3.12. The normalized spacial score (nSPS) is 18.1. The molecular weight excluding hydrogens is 334 g/mol. The summed E-state index contributed by atoms with van der Waals surface area (Å²) in [6.45, 7) is 7.15. The number of aromatic nitrogens is 1. The Morgan fingerprint density at radius 3 is 2.76 bits per heavy atom. The highest BCUT2D eigenvalue weighted by molar-refractivity contribution is 7.15. The Morgan fingerprint density at radius 2 is 2.04 bits per heavy atom. The summed E-state index contributed by atoms with van der Waals surface area (Å²) in [5.41, 5.74) is 2.29. The van der Waals surface area contributed by atoms with Crippen LogP contribution < -0.4 is 0 Å². The van der Waals surface area contributed by atoms with E-state index in [1.165, 1.54) is 5.56 Å². The minimum atomic E-state index is -0.420. The van der Waals surface area contributed by atoms with Gasteiger partial charge in [-0.05, 0) is 25.8 Å². The zero-order chi connectivity index (χ0) is 18.0. The van der Waals surface area contributed by atoms with Crippen molar-refractivity contribution in [3.05, 3.63) is 40.9 Å². The molecule has 0 unspecified atom stereocenters. The predicted octanol–water partition coefficient (Wildman–Crippen LogP) is 3.09. The monoisotopic (exact) mass is 357 g/mol. The number of nitrogens with zero attached hydrogens (tertiary/aromatic N) is 3. The van der Waals surface area contributed by atoms with Gasteiger partial charge in [0.15, 0.2) is 0 Å². The van der Waals surface area contributed by atoms with Crippen LogP contribution in [0.5, 0.6) is 0 Å². The van der Waals surface area contributed by atoms with Crippen LogP contribution in [0, 0.1) is 6.92 Å². The van der Waals surface area contributed by atoms with Gasteiger partial charge in [-0.1, -0.05) is 31.2 Å². The van der Waals surface area contributed by atoms with Crippen LogP contribution in [0.2, 0.25) is 0 Å². The van der Waals surface area contributed by atoms with Gasteiger partial charge in [0.25, 0.3) is 0 Å². The maximum absolute atomic E-state index is 12.5. The summed E-state index contributed by atoms with van der Waals surface area (Å²) in [5, 5.41) is 0.948. The first kappa shape index (κ1) is 17.6. The summed E-state index contributed by atoms with van der Waals surface area (Å²) in [5.74, 6) is 0.0384. The molecule has 0 N–H and O–H groups in total. The molecule has 0 bridgehead atoms. The van der Waals surface area contributed by atoms with Gasteiger partial charge >= 0.3 is 0 Å². The molecule has 1 saturated heterocycles. The summed E-state index contributed by atoms with van der Waals surface area (Å²) in [6.07, 6.45) is 2.68. The van der Waals surface area contributed by atoms with Crippen LogP contribution >= 0.6 is 11.3 Å². The van der Waals surface area contributed by atoms with Crippen molar-refractivity contribution in [2.45, 2.75) is 39.8 Å². The van der Waals surface area contributed by atoms with Gasteiger partial charge in [0, 0.05) is 23.2 Å². The standard InChI is InChI=1S/C19H23N3O2S/c1-4-9-21-12-17(23)22(14(3)19(21)24)11-15-10-20-18(25-15)16-8-6-5-7-13(16)2/h5-8,10,14H,4,9,11-12H2,1-3H3/t14-/m1/s1. The molecule has 0 aliphatic carbocycles. The lowest BCUT2D eigenvalue weighted by Gasteiger charge is -2.38. The SMILES string of the molecule is CCCN1CC(=O)N(Cc2cnc(-c3ccccc3C)s2)[C@H](C)C1=O. The van der Waals surface area contributed by atoms with Crippen molar-refractivity contribution in [3.8, 4) is 10.6 Å². The van der Waals surface area contributed by atoms with E-state index in [4.69, 9.17) is 0 Å². The number of piperazine rings is 1. The molecule has 1 aliphatic heterocycles. The fourth-order valence-corrected chi connectivity index (χ4v) is 4.12. The zero-order valence-corrected chi connectivity index (χ0v) is 15.7. The van der Waals surface area contributed by atoms with Crippen molar-refractivity contribution in [2.24, 2.45) is 0 Å². The molecule has 0 radical (unpaired) electrons. The van der Waals surface area contributed by atoms with Crippen LogP contribution in [0.4, 0.5) is 0 Å². The lowest BCUT2D eigenvalue weighted by atomic mass is 10.1. The second-order valence-electron chi connectivity index (χ2n) is 6.40. The quantitative estimate of drug-likeness (QED) is 0.826. The predicted molar refractivity (Wildman–Crippen MR) is 99.2 cm³/mol. The number of hydrogen-bond acceptors (Lipinski definition) is 4. The lowest BCUT2D eigenvalue weighted by molar-refractivity contribution is -0.155. The second kappa shape index (κ2) is 7.35. The molecule has 1 aromatic heterocycles. The molecule has 6 heteroatoms. The maximum Gasteiger partial charge on any atom is 0.245 e. The van der Waals surface area contributed by atoms with E-state index >= 15 is 0 Å². The molecule has 2 aromatic rings. The van der Waals surface area contributed by atoms with Gasteiger partial charge in [0.05, 0.1) is 13.1 Å². The van der Waals surface area contributed by atoms with Crippen LogP contribution in [0.1, 0.15) is 30.7 Å². The molecule has 1 fully saturated rings. The summed E-state index contributed by atoms with van der Waals surface area (Å²) < 4.78 is 0. The van der Waals surface area contributed by atoms with Crippen LogP contribution in [-0.4, -0.2) is 45.7 Å². The summed E-state index contributed by atoms with van der Waals surface area (Å²) in [7, 11) is 0. The molecular formula is C19H23N3O2S. The Bertz CT molecular complexity index is 786. The van der Waals surface area contributed by atoms with Crippen molar-refractivity contribution >= 4 is 23.2 Å². The number of rotatable bonds is 5. The molecule has 132 valence electrons. The molecule has 25 heavy (non-hydrogen) atoms.